The van der Waals surface area contributed by atoms with E-state index >= 15 is 0 Å². The fraction of sp³-hybridized carbons (Fsp3) is 0.176. The highest BCUT2D eigenvalue weighted by Gasteiger charge is 2.04. The average molecular weight is 379 g/mol. The van der Waals surface area contributed by atoms with Gasteiger partial charge in [-0.05, 0) is 59.3 Å². The normalized spacial score (nSPS) is 10.1. The Morgan fingerprint density at radius 2 is 2.05 bits per heavy atom. The molecule has 0 bridgehead atoms. The van der Waals surface area contributed by atoms with E-state index in [0.29, 0.717) is 6.61 Å². The van der Waals surface area contributed by atoms with E-state index in [9.17, 15) is 0 Å². The maximum atomic E-state index is 5.66. The van der Waals surface area contributed by atoms with Crippen molar-refractivity contribution in [2.24, 2.45) is 0 Å². The Bertz CT molecular complexity index is 595. The Morgan fingerprint density at radius 1 is 1.25 bits per heavy atom. The summed E-state index contributed by atoms with van der Waals surface area (Å²) in [5.41, 5.74) is 3.55. The molecular formula is C17H18INO. The van der Waals surface area contributed by atoms with Crippen LogP contribution in [0.15, 0.2) is 55.1 Å². The van der Waals surface area contributed by atoms with Gasteiger partial charge in [0.05, 0.1) is 0 Å². The maximum Gasteiger partial charge on any atom is 0.124 e. The first kappa shape index (κ1) is 14.9. The lowest BCUT2D eigenvalue weighted by atomic mass is 10.1. The molecule has 0 amide bonds. The Morgan fingerprint density at radius 3 is 2.80 bits per heavy atom. The summed E-state index contributed by atoms with van der Waals surface area (Å²) < 4.78 is 6.92. The molecule has 0 aromatic heterocycles. The summed E-state index contributed by atoms with van der Waals surface area (Å²) in [6, 6.07) is 14.5. The second-order valence-electron chi connectivity index (χ2n) is 4.52. The molecule has 0 saturated heterocycles. The van der Waals surface area contributed by atoms with E-state index in [1.54, 1.807) is 6.08 Å². The highest BCUT2D eigenvalue weighted by molar-refractivity contribution is 14.1. The monoisotopic (exact) mass is 379 g/mol. The number of rotatable bonds is 6. The van der Waals surface area contributed by atoms with E-state index in [2.05, 4.69) is 65.7 Å². The molecule has 0 radical (unpaired) electrons. The van der Waals surface area contributed by atoms with Crippen LogP contribution < -0.4 is 10.1 Å². The zero-order valence-electron chi connectivity index (χ0n) is 11.5. The quantitative estimate of drug-likeness (QED) is 0.576. The molecular weight excluding hydrogens is 361 g/mol. The molecule has 0 fully saturated rings. The summed E-state index contributed by atoms with van der Waals surface area (Å²) in [4.78, 5) is 0. The number of anilines is 1. The third-order valence-corrected chi connectivity index (χ3v) is 3.66. The van der Waals surface area contributed by atoms with Crippen molar-refractivity contribution >= 4 is 28.3 Å². The first-order chi connectivity index (χ1) is 9.70. The van der Waals surface area contributed by atoms with Crippen molar-refractivity contribution in [3.8, 4) is 5.75 Å². The lowest BCUT2D eigenvalue weighted by Gasteiger charge is -2.13. The van der Waals surface area contributed by atoms with Gasteiger partial charge >= 0.3 is 0 Å². The van der Waals surface area contributed by atoms with Gasteiger partial charge in [0, 0.05) is 21.4 Å². The van der Waals surface area contributed by atoms with E-state index in [0.717, 1.165) is 23.5 Å². The van der Waals surface area contributed by atoms with Gasteiger partial charge in [-0.25, -0.2) is 0 Å². The minimum atomic E-state index is 0.527. The predicted octanol–water partition coefficient (Wildman–Crippen LogP) is 4.78. The minimum absolute atomic E-state index is 0.527. The molecule has 0 unspecified atom stereocenters. The summed E-state index contributed by atoms with van der Waals surface area (Å²) in [6.45, 7) is 7.07. The Labute approximate surface area is 134 Å². The molecule has 2 rings (SSSR count). The third-order valence-electron chi connectivity index (χ3n) is 2.99. The van der Waals surface area contributed by atoms with Gasteiger partial charge in [-0.3, -0.25) is 0 Å². The number of halogens is 1. The van der Waals surface area contributed by atoms with Crippen LogP contribution in [0, 0.1) is 10.5 Å². The number of nitrogens with one attached hydrogen (secondary N) is 1. The van der Waals surface area contributed by atoms with E-state index in [1.807, 2.05) is 18.2 Å². The van der Waals surface area contributed by atoms with E-state index in [-0.39, 0.29) is 0 Å². The first-order valence-electron chi connectivity index (χ1n) is 6.52. The summed E-state index contributed by atoms with van der Waals surface area (Å²) >= 11 is 2.33. The van der Waals surface area contributed by atoms with Crippen molar-refractivity contribution in [1.29, 1.82) is 0 Å². The molecule has 2 nitrogen and oxygen atoms in total. The molecule has 0 heterocycles. The van der Waals surface area contributed by atoms with Crippen LogP contribution >= 0.6 is 22.6 Å². The number of hydrogen-bond acceptors (Lipinski definition) is 2. The average Bonchev–Trinajstić information content (AvgIpc) is 2.45. The number of hydrogen-bond donors (Lipinski definition) is 1. The molecule has 2 aromatic carbocycles. The topological polar surface area (TPSA) is 21.3 Å². The molecule has 0 aliphatic carbocycles. The van der Waals surface area contributed by atoms with Crippen LogP contribution in [0.25, 0.3) is 0 Å². The molecule has 1 N–H and O–H groups in total. The van der Waals surface area contributed by atoms with Gasteiger partial charge in [0.2, 0.25) is 0 Å². The van der Waals surface area contributed by atoms with Gasteiger partial charge in [0.1, 0.15) is 12.4 Å². The molecule has 0 spiro atoms. The molecule has 3 heteroatoms. The van der Waals surface area contributed by atoms with Crippen LogP contribution in [-0.2, 0) is 6.54 Å². The smallest absolute Gasteiger partial charge is 0.124 e. The lowest BCUT2D eigenvalue weighted by molar-refractivity contribution is 0.359. The Balaban J connectivity index is 2.08. The molecule has 0 aliphatic heterocycles. The summed E-state index contributed by atoms with van der Waals surface area (Å²) in [7, 11) is 0. The largest absolute Gasteiger partial charge is 0.489 e. The van der Waals surface area contributed by atoms with E-state index in [1.165, 1.54) is 9.13 Å². The van der Waals surface area contributed by atoms with Gasteiger partial charge in [-0.15, -0.1) is 0 Å². The van der Waals surface area contributed by atoms with Gasteiger partial charge in [0.25, 0.3) is 0 Å². The van der Waals surface area contributed by atoms with Gasteiger partial charge in [-0.2, -0.15) is 0 Å². The van der Waals surface area contributed by atoms with Crippen LogP contribution in [0.5, 0.6) is 5.75 Å². The molecule has 0 saturated carbocycles. The van der Waals surface area contributed by atoms with Crippen molar-refractivity contribution < 1.29 is 4.74 Å². The molecule has 0 atom stereocenters. The Kier molecular flexibility index (Phi) is 5.47. The maximum absolute atomic E-state index is 5.66. The van der Waals surface area contributed by atoms with Crippen molar-refractivity contribution in [2.75, 3.05) is 11.9 Å². The zero-order valence-corrected chi connectivity index (χ0v) is 13.7. The molecule has 2 aromatic rings. The fourth-order valence-corrected chi connectivity index (χ4v) is 2.60. The standard InChI is InChI=1S/C17H18INO/c1-3-10-20-17-7-5-4-6-14(17)12-19-16-9-8-15(18)11-13(16)2/h3-9,11,19H,1,10,12H2,2H3. The lowest BCUT2D eigenvalue weighted by Crippen LogP contribution is -2.04. The SMILES string of the molecule is C=CCOc1ccccc1CNc1ccc(I)cc1C. The van der Waals surface area contributed by atoms with Crippen molar-refractivity contribution in [1.82, 2.24) is 0 Å². The van der Waals surface area contributed by atoms with Crippen LogP contribution in [-0.4, -0.2) is 6.61 Å². The number of ether oxygens (including phenoxy) is 1. The fourth-order valence-electron chi connectivity index (χ4n) is 1.96. The third kappa shape index (κ3) is 4.00. The zero-order chi connectivity index (χ0) is 14.4. The summed E-state index contributed by atoms with van der Waals surface area (Å²) in [6.07, 6.45) is 1.76. The van der Waals surface area contributed by atoms with Crippen LogP contribution in [0.2, 0.25) is 0 Å². The van der Waals surface area contributed by atoms with Crippen LogP contribution in [0.1, 0.15) is 11.1 Å². The molecule has 104 valence electrons. The number of benzene rings is 2. The van der Waals surface area contributed by atoms with E-state index in [4.69, 9.17) is 4.74 Å². The summed E-state index contributed by atoms with van der Waals surface area (Å²) in [5, 5.41) is 3.46. The first-order valence-corrected chi connectivity index (χ1v) is 7.60. The number of para-hydroxylation sites is 1. The van der Waals surface area contributed by atoms with Gasteiger partial charge < -0.3 is 10.1 Å². The number of aryl methyl sites for hydroxylation is 1. The molecule has 0 aliphatic rings. The van der Waals surface area contributed by atoms with Crippen LogP contribution in [0.4, 0.5) is 5.69 Å². The van der Waals surface area contributed by atoms with Crippen molar-refractivity contribution in [2.45, 2.75) is 13.5 Å². The highest BCUT2D eigenvalue weighted by atomic mass is 127. The second-order valence-corrected chi connectivity index (χ2v) is 5.77. The predicted molar refractivity (Wildman–Crippen MR) is 93.4 cm³/mol. The van der Waals surface area contributed by atoms with Gasteiger partial charge in [-0.1, -0.05) is 30.9 Å². The Hall–Kier alpha value is -1.49. The van der Waals surface area contributed by atoms with Crippen molar-refractivity contribution in [3.05, 3.63) is 69.8 Å². The minimum Gasteiger partial charge on any atom is -0.489 e. The molecule has 20 heavy (non-hydrogen) atoms. The second kappa shape index (κ2) is 7.33. The highest BCUT2D eigenvalue weighted by Crippen LogP contribution is 2.22. The summed E-state index contributed by atoms with van der Waals surface area (Å²) in [5.74, 6) is 0.906. The van der Waals surface area contributed by atoms with Crippen LogP contribution in [0.3, 0.4) is 0 Å². The van der Waals surface area contributed by atoms with E-state index < -0.39 is 0 Å². The van der Waals surface area contributed by atoms with Crippen molar-refractivity contribution in [3.63, 3.8) is 0 Å². The van der Waals surface area contributed by atoms with Gasteiger partial charge in [0.15, 0.2) is 0 Å².